The molecule has 0 aliphatic heterocycles. The first-order chi connectivity index (χ1) is 8.97. The molecule has 2 N–H and O–H groups in total. The van der Waals surface area contributed by atoms with Crippen LogP contribution in [-0.2, 0) is 0 Å². The number of hydrogen-bond acceptors (Lipinski definition) is 2. The number of benzene rings is 1. The van der Waals surface area contributed by atoms with E-state index in [4.69, 9.17) is 0 Å². The number of hydrogen-bond donors (Lipinski definition) is 2. The predicted octanol–water partition coefficient (Wildman–Crippen LogP) is 4.57. The summed E-state index contributed by atoms with van der Waals surface area (Å²) in [7, 11) is 0. The Labute approximate surface area is 117 Å². The van der Waals surface area contributed by atoms with Crippen LogP contribution >= 0.6 is 0 Å². The van der Waals surface area contributed by atoms with Crippen LogP contribution in [0.25, 0.3) is 0 Å². The number of nitrogens with one attached hydrogen (secondary N) is 1. The largest absolute Gasteiger partial charge is 0.508 e. The molecule has 1 fully saturated rings. The Bertz CT molecular complexity index is 427. The number of anilines is 1. The van der Waals surface area contributed by atoms with E-state index in [1.807, 2.05) is 19.1 Å². The van der Waals surface area contributed by atoms with Gasteiger partial charge in [-0.05, 0) is 49.1 Å². The third-order valence-corrected chi connectivity index (χ3v) is 4.58. The molecule has 1 aliphatic rings. The van der Waals surface area contributed by atoms with Crippen LogP contribution < -0.4 is 5.32 Å². The molecule has 2 rings (SSSR count). The molecule has 1 saturated carbocycles. The first-order valence-electron chi connectivity index (χ1n) is 7.53. The molecule has 0 amide bonds. The molecular weight excluding hydrogens is 234 g/mol. The van der Waals surface area contributed by atoms with E-state index in [1.165, 1.54) is 19.3 Å². The minimum Gasteiger partial charge on any atom is -0.508 e. The van der Waals surface area contributed by atoms with Gasteiger partial charge < -0.3 is 10.4 Å². The van der Waals surface area contributed by atoms with Crippen molar-refractivity contribution in [3.8, 4) is 5.75 Å². The highest BCUT2D eigenvalue weighted by Gasteiger charge is 2.30. The molecule has 1 aromatic carbocycles. The van der Waals surface area contributed by atoms with E-state index in [0.29, 0.717) is 17.7 Å². The maximum Gasteiger partial charge on any atom is 0.120 e. The van der Waals surface area contributed by atoms with Crippen molar-refractivity contribution in [2.24, 2.45) is 17.8 Å². The lowest BCUT2D eigenvalue weighted by Crippen LogP contribution is -2.37. The molecule has 0 spiro atoms. The number of aryl methyl sites for hydroxylation is 1. The van der Waals surface area contributed by atoms with Crippen molar-refractivity contribution in [3.05, 3.63) is 23.8 Å². The van der Waals surface area contributed by atoms with Gasteiger partial charge in [0, 0.05) is 17.8 Å². The zero-order chi connectivity index (χ0) is 14.0. The molecule has 0 heterocycles. The van der Waals surface area contributed by atoms with Gasteiger partial charge in [-0.1, -0.05) is 33.3 Å². The van der Waals surface area contributed by atoms with E-state index < -0.39 is 0 Å². The number of rotatable bonds is 3. The van der Waals surface area contributed by atoms with Crippen molar-refractivity contribution in [2.45, 2.75) is 53.0 Å². The maximum atomic E-state index is 9.82. The van der Waals surface area contributed by atoms with Crippen LogP contribution in [0.4, 0.5) is 5.69 Å². The molecule has 0 saturated heterocycles. The molecule has 0 aromatic heterocycles. The van der Waals surface area contributed by atoms with E-state index in [0.717, 1.165) is 23.1 Å². The van der Waals surface area contributed by atoms with Crippen molar-refractivity contribution >= 4 is 5.69 Å². The quantitative estimate of drug-likeness (QED) is 0.835. The van der Waals surface area contributed by atoms with Gasteiger partial charge in [0.1, 0.15) is 5.75 Å². The first kappa shape index (κ1) is 14.2. The van der Waals surface area contributed by atoms with E-state index in [2.05, 4.69) is 32.2 Å². The second kappa shape index (κ2) is 5.85. The molecule has 1 aromatic rings. The Morgan fingerprint density at radius 1 is 1.26 bits per heavy atom. The number of aromatic hydroxyl groups is 1. The summed E-state index contributed by atoms with van der Waals surface area (Å²) in [5, 5.41) is 13.5. The maximum absolute atomic E-state index is 9.82. The van der Waals surface area contributed by atoms with E-state index in [1.54, 1.807) is 0 Å². The second-order valence-corrected chi connectivity index (χ2v) is 6.58. The Balaban J connectivity index is 2.11. The number of phenols is 1. The normalized spacial score (nSPS) is 27.5. The Morgan fingerprint density at radius 2 is 2.00 bits per heavy atom. The third kappa shape index (κ3) is 3.43. The lowest BCUT2D eigenvalue weighted by atomic mass is 9.74. The fourth-order valence-electron chi connectivity index (χ4n) is 3.28. The molecule has 1 aliphatic carbocycles. The van der Waals surface area contributed by atoms with Crippen LogP contribution in [0.5, 0.6) is 5.75 Å². The van der Waals surface area contributed by atoms with Gasteiger partial charge in [0.05, 0.1) is 0 Å². The SMILES string of the molecule is Cc1ccc(NC2CC(C)CCC2C(C)C)cc1O. The average molecular weight is 261 g/mol. The van der Waals surface area contributed by atoms with Gasteiger partial charge in [0.15, 0.2) is 0 Å². The third-order valence-electron chi connectivity index (χ3n) is 4.58. The fraction of sp³-hybridized carbons (Fsp3) is 0.647. The highest BCUT2D eigenvalue weighted by molar-refractivity contribution is 5.51. The summed E-state index contributed by atoms with van der Waals surface area (Å²) in [6, 6.07) is 6.44. The Hall–Kier alpha value is -1.18. The smallest absolute Gasteiger partial charge is 0.120 e. The van der Waals surface area contributed by atoms with Crippen LogP contribution in [0.2, 0.25) is 0 Å². The molecule has 3 atom stereocenters. The van der Waals surface area contributed by atoms with Gasteiger partial charge in [-0.3, -0.25) is 0 Å². The zero-order valence-electron chi connectivity index (χ0n) is 12.6. The zero-order valence-corrected chi connectivity index (χ0v) is 12.6. The Morgan fingerprint density at radius 3 is 2.63 bits per heavy atom. The van der Waals surface area contributed by atoms with E-state index >= 15 is 0 Å². The summed E-state index contributed by atoms with van der Waals surface area (Å²) in [6.07, 6.45) is 3.89. The van der Waals surface area contributed by atoms with E-state index in [9.17, 15) is 5.11 Å². The highest BCUT2D eigenvalue weighted by atomic mass is 16.3. The first-order valence-corrected chi connectivity index (χ1v) is 7.53. The summed E-state index contributed by atoms with van der Waals surface area (Å²) in [4.78, 5) is 0. The van der Waals surface area contributed by atoms with E-state index in [-0.39, 0.29) is 0 Å². The summed E-state index contributed by atoms with van der Waals surface area (Å²) >= 11 is 0. The summed E-state index contributed by atoms with van der Waals surface area (Å²) in [5.41, 5.74) is 1.98. The highest BCUT2D eigenvalue weighted by Crippen LogP contribution is 2.35. The van der Waals surface area contributed by atoms with Crippen molar-refractivity contribution in [1.29, 1.82) is 0 Å². The molecule has 2 nitrogen and oxygen atoms in total. The molecular formula is C17H27NO. The van der Waals surface area contributed by atoms with Gasteiger partial charge in [0.25, 0.3) is 0 Å². The molecule has 2 heteroatoms. The summed E-state index contributed by atoms with van der Waals surface area (Å²) in [5.74, 6) is 2.63. The fourth-order valence-corrected chi connectivity index (χ4v) is 3.28. The monoisotopic (exact) mass is 261 g/mol. The second-order valence-electron chi connectivity index (χ2n) is 6.58. The lowest BCUT2D eigenvalue weighted by molar-refractivity contribution is 0.212. The standard InChI is InChI=1S/C17H27NO/c1-11(2)15-8-5-12(3)9-16(15)18-14-7-6-13(4)17(19)10-14/h6-7,10-12,15-16,18-19H,5,8-9H2,1-4H3. The van der Waals surface area contributed by atoms with Gasteiger partial charge in [-0.15, -0.1) is 0 Å². The van der Waals surface area contributed by atoms with Gasteiger partial charge in [-0.2, -0.15) is 0 Å². The van der Waals surface area contributed by atoms with Crippen LogP contribution in [0.3, 0.4) is 0 Å². The average Bonchev–Trinajstić information content (AvgIpc) is 2.33. The predicted molar refractivity (Wildman–Crippen MR) is 81.6 cm³/mol. The minimum atomic E-state index is 0.384. The topological polar surface area (TPSA) is 32.3 Å². The van der Waals surface area contributed by atoms with Crippen LogP contribution in [0, 0.1) is 24.7 Å². The summed E-state index contributed by atoms with van der Waals surface area (Å²) < 4.78 is 0. The van der Waals surface area contributed by atoms with Gasteiger partial charge in [0.2, 0.25) is 0 Å². The van der Waals surface area contributed by atoms with Crippen LogP contribution in [0.15, 0.2) is 18.2 Å². The van der Waals surface area contributed by atoms with Crippen molar-refractivity contribution in [1.82, 2.24) is 0 Å². The Kier molecular flexibility index (Phi) is 4.38. The van der Waals surface area contributed by atoms with Crippen LogP contribution in [-0.4, -0.2) is 11.1 Å². The van der Waals surface area contributed by atoms with Crippen molar-refractivity contribution < 1.29 is 5.11 Å². The minimum absolute atomic E-state index is 0.384. The van der Waals surface area contributed by atoms with Crippen molar-refractivity contribution in [3.63, 3.8) is 0 Å². The molecule has 3 unspecified atom stereocenters. The number of phenolic OH excluding ortho intramolecular Hbond substituents is 1. The van der Waals surface area contributed by atoms with Crippen LogP contribution in [0.1, 0.15) is 45.6 Å². The lowest BCUT2D eigenvalue weighted by Gasteiger charge is -2.38. The molecule has 19 heavy (non-hydrogen) atoms. The molecule has 106 valence electrons. The van der Waals surface area contributed by atoms with Gasteiger partial charge in [-0.25, -0.2) is 0 Å². The molecule has 0 radical (unpaired) electrons. The molecule has 0 bridgehead atoms. The summed E-state index contributed by atoms with van der Waals surface area (Å²) in [6.45, 7) is 8.92. The van der Waals surface area contributed by atoms with Gasteiger partial charge >= 0.3 is 0 Å². The van der Waals surface area contributed by atoms with Crippen molar-refractivity contribution in [2.75, 3.05) is 5.32 Å².